The molecule has 0 aliphatic rings. The SMILES string of the molecule is CCCC[P-](CCCC)(c1ccccc1)(c1ccccc1)(c1ccccc1)c1ccccc1. The van der Waals surface area contributed by atoms with Crippen LogP contribution in [0.2, 0.25) is 0 Å². The van der Waals surface area contributed by atoms with E-state index >= 15 is 0 Å². The number of rotatable bonds is 10. The molecule has 0 unspecified atom stereocenters. The van der Waals surface area contributed by atoms with Crippen LogP contribution in [-0.2, 0) is 0 Å². The quantitative estimate of drug-likeness (QED) is 0.227. The van der Waals surface area contributed by atoms with E-state index in [1.54, 1.807) is 0 Å². The summed E-state index contributed by atoms with van der Waals surface area (Å²) in [6, 6.07) is 46.2. The van der Waals surface area contributed by atoms with E-state index in [-0.39, 0.29) is 0 Å². The molecule has 0 aliphatic carbocycles. The average molecular weight is 454 g/mol. The predicted octanol–water partition coefficient (Wildman–Crippen LogP) is 6.98. The predicted molar refractivity (Wildman–Crippen MR) is 151 cm³/mol. The van der Waals surface area contributed by atoms with Crippen molar-refractivity contribution in [3.05, 3.63) is 121 Å². The van der Waals surface area contributed by atoms with Crippen LogP contribution >= 0.6 is 5.94 Å². The summed E-state index contributed by atoms with van der Waals surface area (Å²) in [7, 11) is 0. The Hall–Kier alpha value is -2.69. The molecule has 4 aromatic carbocycles. The molecule has 0 N–H and O–H groups in total. The van der Waals surface area contributed by atoms with Crippen LogP contribution in [0.4, 0.5) is 0 Å². The van der Waals surface area contributed by atoms with Crippen molar-refractivity contribution in [3.63, 3.8) is 0 Å². The van der Waals surface area contributed by atoms with Crippen molar-refractivity contribution in [1.29, 1.82) is 0 Å². The van der Waals surface area contributed by atoms with Gasteiger partial charge in [-0.15, -0.1) is 0 Å². The Morgan fingerprint density at radius 3 is 0.848 bits per heavy atom. The summed E-state index contributed by atoms with van der Waals surface area (Å²) in [5.41, 5.74) is 0. The van der Waals surface area contributed by atoms with Crippen molar-refractivity contribution in [3.8, 4) is 0 Å². The molecule has 0 radical (unpaired) electrons. The fourth-order valence-corrected chi connectivity index (χ4v) is 17.2. The molecule has 0 aromatic heterocycles. The molecule has 33 heavy (non-hydrogen) atoms. The van der Waals surface area contributed by atoms with Crippen LogP contribution < -0.4 is 21.2 Å². The van der Waals surface area contributed by atoms with Crippen molar-refractivity contribution in [2.45, 2.75) is 39.5 Å². The molecule has 1 heteroatoms. The van der Waals surface area contributed by atoms with E-state index in [1.165, 1.54) is 46.9 Å². The molecule has 0 spiro atoms. The second-order valence-electron chi connectivity index (χ2n) is 9.66. The second-order valence-corrected chi connectivity index (χ2v) is 16.9. The molecule has 0 fully saturated rings. The van der Waals surface area contributed by atoms with Crippen LogP contribution in [-0.4, -0.2) is 12.3 Å². The van der Waals surface area contributed by atoms with Gasteiger partial charge < -0.3 is 0 Å². The van der Waals surface area contributed by atoms with E-state index in [2.05, 4.69) is 135 Å². The standard InChI is InChI=1S/C32H38P/c1-3-5-27-33(28-6-4-2,29-19-11-7-12-20-29,30-21-13-8-14-22-30,31-23-15-9-16-24-31)32-25-17-10-18-26-32/h7-26H,3-6,27-28H2,1-2H3/q-1. The maximum atomic E-state index is 2.44. The second kappa shape index (κ2) is 9.28. The van der Waals surface area contributed by atoms with E-state index in [0.717, 1.165) is 12.3 Å². The Morgan fingerprint density at radius 1 is 0.394 bits per heavy atom. The molecular weight excluding hydrogens is 415 g/mol. The van der Waals surface area contributed by atoms with Crippen molar-refractivity contribution >= 4 is 27.2 Å². The van der Waals surface area contributed by atoms with Gasteiger partial charge in [-0.1, -0.05) is 0 Å². The third-order valence-corrected chi connectivity index (χ3v) is 18.5. The first-order valence-corrected chi connectivity index (χ1v) is 15.6. The molecule has 172 valence electrons. The fraction of sp³-hybridized carbons (Fsp3) is 0.250. The van der Waals surface area contributed by atoms with E-state index in [9.17, 15) is 0 Å². The summed E-state index contributed by atoms with van der Waals surface area (Å²) >= 11 is 0. The third kappa shape index (κ3) is 3.15. The molecule has 0 bridgehead atoms. The minimum absolute atomic E-state index is 1.16. The van der Waals surface area contributed by atoms with Crippen molar-refractivity contribution < 1.29 is 0 Å². The molecule has 0 atom stereocenters. The Labute approximate surface area is 200 Å². The molecule has 0 saturated carbocycles. The number of benzene rings is 4. The summed E-state index contributed by atoms with van der Waals surface area (Å²) in [6.45, 7) is 4.68. The van der Waals surface area contributed by atoms with E-state index in [0.29, 0.717) is 0 Å². The van der Waals surface area contributed by atoms with Gasteiger partial charge in [0, 0.05) is 0 Å². The zero-order valence-electron chi connectivity index (χ0n) is 20.2. The Morgan fingerprint density at radius 2 is 0.636 bits per heavy atom. The third-order valence-electron chi connectivity index (χ3n) is 8.27. The van der Waals surface area contributed by atoms with Gasteiger partial charge in [0.05, 0.1) is 0 Å². The molecule has 0 nitrogen and oxygen atoms in total. The molecule has 0 aliphatic heterocycles. The van der Waals surface area contributed by atoms with Gasteiger partial charge in [-0.05, 0) is 0 Å². The zero-order chi connectivity index (χ0) is 23.1. The Bertz CT molecular complexity index is 961. The zero-order valence-corrected chi connectivity index (χ0v) is 21.1. The van der Waals surface area contributed by atoms with Crippen molar-refractivity contribution in [2.75, 3.05) is 12.3 Å². The van der Waals surface area contributed by atoms with Crippen LogP contribution in [0.15, 0.2) is 121 Å². The molecule has 4 aromatic rings. The molecule has 4 rings (SSSR count). The minimum atomic E-state index is -3.79. The monoisotopic (exact) mass is 453 g/mol. The van der Waals surface area contributed by atoms with Gasteiger partial charge in [0.25, 0.3) is 0 Å². The van der Waals surface area contributed by atoms with E-state index in [4.69, 9.17) is 0 Å². The fourth-order valence-electron chi connectivity index (χ4n) is 6.66. The van der Waals surface area contributed by atoms with E-state index < -0.39 is 5.94 Å². The Balaban J connectivity index is 2.40. The Kier molecular flexibility index (Phi) is 6.60. The van der Waals surface area contributed by atoms with Crippen molar-refractivity contribution in [1.82, 2.24) is 0 Å². The van der Waals surface area contributed by atoms with Crippen LogP contribution in [0, 0.1) is 0 Å². The maximum absolute atomic E-state index is 3.79. The van der Waals surface area contributed by atoms with Gasteiger partial charge >= 0.3 is 200 Å². The topological polar surface area (TPSA) is 0 Å². The summed E-state index contributed by atoms with van der Waals surface area (Å²) in [4.78, 5) is 0. The van der Waals surface area contributed by atoms with Gasteiger partial charge in [-0.25, -0.2) is 0 Å². The van der Waals surface area contributed by atoms with Crippen LogP contribution in [0.3, 0.4) is 0 Å². The summed E-state index contributed by atoms with van der Waals surface area (Å²) in [6.07, 6.45) is 7.04. The van der Waals surface area contributed by atoms with Crippen LogP contribution in [0.25, 0.3) is 0 Å². The van der Waals surface area contributed by atoms with Crippen LogP contribution in [0.5, 0.6) is 0 Å². The molecule has 0 amide bonds. The van der Waals surface area contributed by atoms with E-state index in [1.807, 2.05) is 0 Å². The molecule has 0 heterocycles. The first-order valence-electron chi connectivity index (χ1n) is 12.6. The van der Waals surface area contributed by atoms with Crippen LogP contribution in [0.1, 0.15) is 39.5 Å². The number of unbranched alkanes of at least 4 members (excludes halogenated alkanes) is 2. The molecule has 0 saturated heterocycles. The normalized spacial score (nSPS) is 13.8. The average Bonchev–Trinajstić information content (AvgIpc) is 2.92. The van der Waals surface area contributed by atoms with Gasteiger partial charge in [0.15, 0.2) is 0 Å². The first kappa shape index (κ1) is 23.5. The first-order chi connectivity index (χ1) is 16.2. The van der Waals surface area contributed by atoms with Gasteiger partial charge in [-0.2, -0.15) is 0 Å². The van der Waals surface area contributed by atoms with Gasteiger partial charge in [0.1, 0.15) is 0 Å². The van der Waals surface area contributed by atoms with Gasteiger partial charge in [-0.3, -0.25) is 0 Å². The van der Waals surface area contributed by atoms with Crippen molar-refractivity contribution in [2.24, 2.45) is 0 Å². The summed E-state index contributed by atoms with van der Waals surface area (Å²) in [5.74, 6) is -3.79. The number of hydrogen-bond donors (Lipinski definition) is 0. The summed E-state index contributed by atoms with van der Waals surface area (Å²) in [5, 5.41) is 6.03. The van der Waals surface area contributed by atoms with Gasteiger partial charge in [0.2, 0.25) is 0 Å². The summed E-state index contributed by atoms with van der Waals surface area (Å²) < 4.78 is 0. The number of hydrogen-bond acceptors (Lipinski definition) is 0. The molecular formula is C32H38P-.